The molecular weight excluding hydrogens is 342 g/mol. The summed E-state index contributed by atoms with van der Waals surface area (Å²) in [5.41, 5.74) is 3.95. The number of aromatic nitrogens is 7. The third-order valence-corrected chi connectivity index (χ3v) is 5.26. The van der Waals surface area contributed by atoms with Crippen molar-refractivity contribution in [1.82, 2.24) is 34.5 Å². The van der Waals surface area contributed by atoms with E-state index in [0.29, 0.717) is 12.6 Å². The van der Waals surface area contributed by atoms with Crippen LogP contribution in [0.25, 0.3) is 22.6 Å². The number of fused-ring (bicyclic) bond motifs is 1. The van der Waals surface area contributed by atoms with Crippen LogP contribution in [0, 0.1) is 0 Å². The number of H-pyrrole nitrogens is 1. The predicted molar refractivity (Wildman–Crippen MR) is 100 cm³/mol. The van der Waals surface area contributed by atoms with E-state index >= 15 is 0 Å². The van der Waals surface area contributed by atoms with Gasteiger partial charge in [-0.3, -0.25) is 0 Å². The van der Waals surface area contributed by atoms with Crippen LogP contribution in [0.15, 0.2) is 37.1 Å². The van der Waals surface area contributed by atoms with Crippen molar-refractivity contribution in [3.05, 3.63) is 42.6 Å². The molecule has 0 bridgehead atoms. The van der Waals surface area contributed by atoms with Gasteiger partial charge in [0.1, 0.15) is 29.7 Å². The molecule has 1 aromatic carbocycles. The Morgan fingerprint density at radius 3 is 2.89 bits per heavy atom. The number of hydrogen-bond acceptors (Lipinski definition) is 5. The van der Waals surface area contributed by atoms with Crippen molar-refractivity contribution in [3.63, 3.8) is 0 Å². The Kier molecular flexibility index (Phi) is 3.88. The van der Waals surface area contributed by atoms with Gasteiger partial charge in [-0.2, -0.15) is 10.2 Å². The maximum atomic E-state index is 5.51. The molecule has 0 unspecified atom stereocenters. The number of ether oxygens (including phenoxy) is 1. The lowest BCUT2D eigenvalue weighted by atomic mass is 10.1. The number of benzene rings is 1. The van der Waals surface area contributed by atoms with Crippen LogP contribution in [0.2, 0.25) is 0 Å². The predicted octanol–water partition coefficient (Wildman–Crippen LogP) is 3.19. The van der Waals surface area contributed by atoms with E-state index in [4.69, 9.17) is 9.72 Å². The van der Waals surface area contributed by atoms with E-state index in [1.807, 2.05) is 18.3 Å². The van der Waals surface area contributed by atoms with Gasteiger partial charge < -0.3 is 9.72 Å². The van der Waals surface area contributed by atoms with E-state index in [2.05, 4.69) is 30.9 Å². The van der Waals surface area contributed by atoms with Gasteiger partial charge in [0.15, 0.2) is 5.65 Å². The van der Waals surface area contributed by atoms with Gasteiger partial charge >= 0.3 is 0 Å². The van der Waals surface area contributed by atoms with E-state index in [-0.39, 0.29) is 0 Å². The Morgan fingerprint density at radius 1 is 1.22 bits per heavy atom. The van der Waals surface area contributed by atoms with Gasteiger partial charge in [-0.1, -0.05) is 12.8 Å². The molecule has 1 fully saturated rings. The Labute approximate surface area is 156 Å². The molecule has 0 atom stereocenters. The van der Waals surface area contributed by atoms with Crippen molar-refractivity contribution >= 4 is 11.2 Å². The third kappa shape index (κ3) is 2.87. The molecule has 3 aromatic heterocycles. The molecule has 0 saturated heterocycles. The summed E-state index contributed by atoms with van der Waals surface area (Å²) in [7, 11) is 1.68. The molecule has 5 rings (SSSR count). The molecule has 0 amide bonds. The van der Waals surface area contributed by atoms with Crippen LogP contribution in [0.1, 0.15) is 37.3 Å². The standard InChI is InChI=1S/C19H21N7O/c1-27-17-7-6-13(8-14(17)10-25-12-20-11-22-25)18-23-16-9-21-26(19(16)24-18)15-4-2-3-5-15/h6-9,11-12,15H,2-5,10H2,1H3,(H,23,24). The first-order chi connectivity index (χ1) is 13.3. The molecule has 0 spiro atoms. The second-order valence-corrected chi connectivity index (χ2v) is 6.97. The monoisotopic (exact) mass is 363 g/mol. The molecule has 138 valence electrons. The second-order valence-electron chi connectivity index (χ2n) is 6.97. The Bertz CT molecular complexity index is 1060. The molecule has 3 heterocycles. The first-order valence-corrected chi connectivity index (χ1v) is 9.25. The highest BCUT2D eigenvalue weighted by Gasteiger charge is 2.21. The minimum absolute atomic E-state index is 0.470. The fraction of sp³-hybridized carbons (Fsp3) is 0.368. The minimum atomic E-state index is 0.470. The van der Waals surface area contributed by atoms with Crippen molar-refractivity contribution < 1.29 is 4.74 Å². The largest absolute Gasteiger partial charge is 0.496 e. The van der Waals surface area contributed by atoms with Crippen LogP contribution in [-0.4, -0.2) is 41.6 Å². The molecule has 1 aliphatic rings. The highest BCUT2D eigenvalue weighted by molar-refractivity contribution is 5.76. The summed E-state index contributed by atoms with van der Waals surface area (Å²) >= 11 is 0. The summed E-state index contributed by atoms with van der Waals surface area (Å²) in [6.45, 7) is 0.590. The summed E-state index contributed by atoms with van der Waals surface area (Å²) in [5, 5.41) is 8.74. The maximum absolute atomic E-state index is 5.51. The van der Waals surface area contributed by atoms with Gasteiger partial charge in [0, 0.05) is 11.1 Å². The SMILES string of the molecule is COc1ccc(-c2nc3c(cnn3C3CCCC3)[nH]2)cc1Cn1cncn1. The fourth-order valence-corrected chi connectivity index (χ4v) is 3.91. The first-order valence-electron chi connectivity index (χ1n) is 9.25. The summed E-state index contributed by atoms with van der Waals surface area (Å²) in [4.78, 5) is 12.3. The number of methoxy groups -OCH3 is 1. The topological polar surface area (TPSA) is 86.4 Å². The molecule has 0 aliphatic heterocycles. The van der Waals surface area contributed by atoms with Crippen molar-refractivity contribution in [2.24, 2.45) is 0 Å². The summed E-state index contributed by atoms with van der Waals surface area (Å²) in [6.07, 6.45) is 10.0. The Hall–Kier alpha value is -3.16. The number of rotatable bonds is 5. The number of imidazole rings is 1. The highest BCUT2D eigenvalue weighted by Crippen LogP contribution is 2.32. The van der Waals surface area contributed by atoms with Crippen LogP contribution in [0.3, 0.4) is 0 Å². The Balaban J connectivity index is 1.52. The van der Waals surface area contributed by atoms with Gasteiger partial charge in [0.05, 0.1) is 25.9 Å². The summed E-state index contributed by atoms with van der Waals surface area (Å²) in [6, 6.07) is 6.55. The quantitative estimate of drug-likeness (QED) is 0.588. The lowest BCUT2D eigenvalue weighted by Crippen LogP contribution is -2.06. The molecule has 1 saturated carbocycles. The van der Waals surface area contributed by atoms with E-state index in [1.54, 1.807) is 18.1 Å². The van der Waals surface area contributed by atoms with E-state index < -0.39 is 0 Å². The van der Waals surface area contributed by atoms with E-state index in [1.165, 1.54) is 32.0 Å². The maximum Gasteiger partial charge on any atom is 0.177 e. The molecule has 0 radical (unpaired) electrons. The zero-order valence-corrected chi connectivity index (χ0v) is 15.2. The molecule has 8 nitrogen and oxygen atoms in total. The van der Waals surface area contributed by atoms with Gasteiger partial charge in [0.2, 0.25) is 0 Å². The molecule has 1 aliphatic carbocycles. The molecule has 4 aromatic rings. The molecule has 8 heteroatoms. The number of nitrogens with one attached hydrogen (secondary N) is 1. The van der Waals surface area contributed by atoms with Crippen LogP contribution < -0.4 is 4.74 Å². The normalized spacial score (nSPS) is 15.0. The van der Waals surface area contributed by atoms with Crippen molar-refractivity contribution in [1.29, 1.82) is 0 Å². The van der Waals surface area contributed by atoms with Crippen molar-refractivity contribution in [3.8, 4) is 17.1 Å². The van der Waals surface area contributed by atoms with Crippen LogP contribution in [-0.2, 0) is 6.54 Å². The molecule has 1 N–H and O–H groups in total. The number of hydrogen-bond donors (Lipinski definition) is 1. The third-order valence-electron chi connectivity index (χ3n) is 5.26. The van der Waals surface area contributed by atoms with Gasteiger partial charge in [0.25, 0.3) is 0 Å². The summed E-state index contributed by atoms with van der Waals surface area (Å²) in [5.74, 6) is 1.67. The molecule has 27 heavy (non-hydrogen) atoms. The van der Waals surface area contributed by atoms with Crippen molar-refractivity contribution in [2.45, 2.75) is 38.3 Å². The summed E-state index contributed by atoms with van der Waals surface area (Å²) < 4.78 is 9.37. The average Bonchev–Trinajstić information content (AvgIpc) is 3.45. The van der Waals surface area contributed by atoms with Crippen molar-refractivity contribution in [2.75, 3.05) is 7.11 Å². The van der Waals surface area contributed by atoms with Crippen LogP contribution in [0.5, 0.6) is 5.75 Å². The molecular formula is C19H21N7O. The van der Waals surface area contributed by atoms with Crippen LogP contribution in [0.4, 0.5) is 0 Å². The lowest BCUT2D eigenvalue weighted by molar-refractivity contribution is 0.407. The van der Waals surface area contributed by atoms with E-state index in [0.717, 1.165) is 33.9 Å². The zero-order valence-electron chi connectivity index (χ0n) is 15.2. The zero-order chi connectivity index (χ0) is 18.2. The number of aromatic amines is 1. The lowest BCUT2D eigenvalue weighted by Gasteiger charge is -2.10. The number of nitrogens with zero attached hydrogens (tertiary/aromatic N) is 6. The van der Waals surface area contributed by atoms with Gasteiger partial charge in [-0.25, -0.2) is 19.3 Å². The van der Waals surface area contributed by atoms with Gasteiger partial charge in [-0.15, -0.1) is 0 Å². The minimum Gasteiger partial charge on any atom is -0.496 e. The first kappa shape index (κ1) is 16.0. The van der Waals surface area contributed by atoms with E-state index in [9.17, 15) is 0 Å². The fourth-order valence-electron chi connectivity index (χ4n) is 3.91. The highest BCUT2D eigenvalue weighted by atomic mass is 16.5. The average molecular weight is 363 g/mol. The smallest absolute Gasteiger partial charge is 0.177 e. The Morgan fingerprint density at radius 2 is 2.11 bits per heavy atom. The van der Waals surface area contributed by atoms with Gasteiger partial charge in [-0.05, 0) is 31.0 Å². The second kappa shape index (κ2) is 6.53. The van der Waals surface area contributed by atoms with Crippen LogP contribution >= 0.6 is 0 Å².